The van der Waals surface area contributed by atoms with Gasteiger partial charge in [0, 0.05) is 12.8 Å². The standard InChI is InChI=1S/C23H24O3.C18H32N/c1-14-4-6-21(24)17(8-14)12-19-10-16(3)11-20(23(19)26)13-18-9-15(2)5-7-22(18)25;1-4-7-15-19(16-8-5-2,17-9-6-3)18-13-11-10-12-14-18/h4-11,24-26H,12-13H2,1-3H3;10-14H,4-9,15-17H2,1-3H3/q;+1/p-1. The number of aromatic hydroxyl groups is 2. The molecular formula is C41H55NO3. The van der Waals surface area contributed by atoms with E-state index in [0.717, 1.165) is 27.8 Å². The highest BCUT2D eigenvalue weighted by Crippen LogP contribution is 2.31. The maximum atomic E-state index is 13.0. The molecule has 4 nitrogen and oxygen atoms in total. The lowest BCUT2D eigenvalue weighted by Crippen LogP contribution is -2.51. The number of benzene rings is 4. The maximum absolute atomic E-state index is 13.0. The number of rotatable bonds is 14. The van der Waals surface area contributed by atoms with Gasteiger partial charge >= 0.3 is 0 Å². The van der Waals surface area contributed by atoms with E-state index in [-0.39, 0.29) is 17.2 Å². The molecule has 0 aromatic heterocycles. The van der Waals surface area contributed by atoms with E-state index in [1.165, 1.54) is 68.3 Å². The zero-order valence-electron chi connectivity index (χ0n) is 28.5. The monoisotopic (exact) mass is 609 g/mol. The highest BCUT2D eigenvalue weighted by molar-refractivity contribution is 5.50. The molecule has 0 atom stereocenters. The van der Waals surface area contributed by atoms with Crippen LogP contribution in [-0.4, -0.2) is 29.8 Å². The number of unbranched alkanes of at least 4 members (excludes halogenated alkanes) is 3. The van der Waals surface area contributed by atoms with E-state index >= 15 is 0 Å². The zero-order valence-corrected chi connectivity index (χ0v) is 28.5. The van der Waals surface area contributed by atoms with Gasteiger partial charge in [-0.05, 0) is 75.4 Å². The Morgan fingerprint density at radius 3 is 1.33 bits per heavy atom. The van der Waals surface area contributed by atoms with Gasteiger partial charge in [0.05, 0.1) is 19.6 Å². The summed E-state index contributed by atoms with van der Waals surface area (Å²) in [4.78, 5) is 0. The molecule has 4 aromatic carbocycles. The van der Waals surface area contributed by atoms with Gasteiger partial charge < -0.3 is 15.3 Å². The molecule has 242 valence electrons. The highest BCUT2D eigenvalue weighted by Gasteiger charge is 2.28. The Labute approximate surface area is 272 Å². The van der Waals surface area contributed by atoms with E-state index < -0.39 is 0 Å². The van der Waals surface area contributed by atoms with Gasteiger partial charge in [-0.1, -0.05) is 122 Å². The summed E-state index contributed by atoms with van der Waals surface area (Å²) < 4.78 is 1.20. The molecule has 2 N–H and O–H groups in total. The molecule has 45 heavy (non-hydrogen) atoms. The number of quaternary nitrogens is 1. The van der Waals surface area contributed by atoms with Crippen molar-refractivity contribution in [2.45, 2.75) is 92.9 Å². The molecule has 4 aromatic rings. The maximum Gasteiger partial charge on any atom is 0.132 e. The van der Waals surface area contributed by atoms with E-state index in [9.17, 15) is 15.3 Å². The third-order valence-electron chi connectivity index (χ3n) is 8.74. The number of hydrogen-bond acceptors (Lipinski definition) is 3. The van der Waals surface area contributed by atoms with Crippen molar-refractivity contribution in [3.63, 3.8) is 0 Å². The Kier molecular flexibility index (Phi) is 14.0. The zero-order chi connectivity index (χ0) is 32.8. The molecule has 0 spiro atoms. The smallest absolute Gasteiger partial charge is 0.132 e. The summed E-state index contributed by atoms with van der Waals surface area (Å²) in [6.45, 7) is 16.7. The molecule has 0 bridgehead atoms. The third kappa shape index (κ3) is 10.4. The summed E-state index contributed by atoms with van der Waals surface area (Å²) in [5.74, 6) is 0.376. The summed E-state index contributed by atoms with van der Waals surface area (Å²) in [7, 11) is 0. The fraction of sp³-hybridized carbons (Fsp3) is 0.415. The lowest BCUT2D eigenvalue weighted by Gasteiger charge is -2.38. The summed E-state index contributed by atoms with van der Waals surface area (Å²) in [6, 6.07) is 25.8. The van der Waals surface area contributed by atoms with Crippen LogP contribution in [-0.2, 0) is 12.8 Å². The fourth-order valence-corrected chi connectivity index (χ4v) is 6.16. The Bertz CT molecular complexity index is 1380. The number of para-hydroxylation sites is 1. The molecule has 0 unspecified atom stereocenters. The second-order valence-corrected chi connectivity index (χ2v) is 12.7. The van der Waals surface area contributed by atoms with Gasteiger partial charge in [0.2, 0.25) is 0 Å². The average Bonchev–Trinajstić information content (AvgIpc) is 3.03. The molecule has 0 radical (unpaired) electrons. The Balaban J connectivity index is 0.000000259. The summed E-state index contributed by atoms with van der Waals surface area (Å²) in [5.41, 5.74) is 7.42. The molecule has 0 amide bonds. The minimum absolute atomic E-state index is 0.0302. The van der Waals surface area contributed by atoms with Crippen molar-refractivity contribution < 1.29 is 15.3 Å². The van der Waals surface area contributed by atoms with E-state index in [4.69, 9.17) is 0 Å². The average molecular weight is 610 g/mol. The Morgan fingerprint density at radius 1 is 0.533 bits per heavy atom. The van der Waals surface area contributed by atoms with Crippen LogP contribution in [0.1, 0.15) is 98.2 Å². The van der Waals surface area contributed by atoms with Gasteiger partial charge in [-0.3, -0.25) is 4.48 Å². The van der Waals surface area contributed by atoms with Crippen LogP contribution < -0.4 is 9.59 Å². The van der Waals surface area contributed by atoms with E-state index in [2.05, 4.69) is 51.1 Å². The van der Waals surface area contributed by atoms with Crippen molar-refractivity contribution in [3.8, 4) is 17.2 Å². The fourth-order valence-electron chi connectivity index (χ4n) is 6.16. The predicted molar refractivity (Wildman–Crippen MR) is 189 cm³/mol. The van der Waals surface area contributed by atoms with E-state index in [1.807, 2.05) is 57.2 Å². The molecule has 0 aliphatic carbocycles. The third-order valence-corrected chi connectivity index (χ3v) is 8.74. The van der Waals surface area contributed by atoms with Crippen LogP contribution in [0.2, 0.25) is 0 Å². The van der Waals surface area contributed by atoms with E-state index in [0.29, 0.717) is 24.0 Å². The first-order chi connectivity index (χ1) is 21.6. The van der Waals surface area contributed by atoms with Crippen molar-refractivity contribution in [1.82, 2.24) is 4.48 Å². The topological polar surface area (TPSA) is 63.5 Å². The van der Waals surface area contributed by atoms with Crippen LogP contribution in [0.5, 0.6) is 17.2 Å². The van der Waals surface area contributed by atoms with Crippen LogP contribution in [0.25, 0.3) is 0 Å². The molecule has 0 fully saturated rings. The van der Waals surface area contributed by atoms with E-state index in [1.54, 1.807) is 12.1 Å². The summed E-state index contributed by atoms with van der Waals surface area (Å²) in [5, 5.41) is 33.1. The van der Waals surface area contributed by atoms with Gasteiger partial charge in [0.1, 0.15) is 17.2 Å². The minimum atomic E-state index is -0.0302. The molecule has 0 aliphatic heterocycles. The van der Waals surface area contributed by atoms with Crippen molar-refractivity contribution in [2.24, 2.45) is 0 Å². The molecule has 4 rings (SSSR count). The summed E-state index contributed by atoms with van der Waals surface area (Å²) in [6.07, 6.45) is 8.68. The highest BCUT2D eigenvalue weighted by atomic mass is 16.3. The quantitative estimate of drug-likeness (QED) is 0.140. The van der Waals surface area contributed by atoms with Crippen molar-refractivity contribution in [3.05, 3.63) is 118 Å². The first kappa shape index (κ1) is 35.7. The number of phenols is 2. The first-order valence-electron chi connectivity index (χ1n) is 16.9. The lowest BCUT2D eigenvalue weighted by molar-refractivity contribution is -0.270. The van der Waals surface area contributed by atoms with Crippen molar-refractivity contribution in [1.29, 1.82) is 0 Å². The van der Waals surface area contributed by atoms with Crippen LogP contribution in [0.4, 0.5) is 5.69 Å². The predicted octanol–water partition coefficient (Wildman–Crippen LogP) is 9.67. The van der Waals surface area contributed by atoms with Crippen LogP contribution >= 0.6 is 0 Å². The second kappa shape index (κ2) is 17.7. The van der Waals surface area contributed by atoms with Gasteiger partial charge in [0.15, 0.2) is 0 Å². The largest absolute Gasteiger partial charge is 0.872 e. The second-order valence-electron chi connectivity index (χ2n) is 12.7. The Hall–Kier alpha value is -3.76. The van der Waals surface area contributed by atoms with Crippen LogP contribution in [0.15, 0.2) is 78.9 Å². The van der Waals surface area contributed by atoms with Crippen molar-refractivity contribution in [2.75, 3.05) is 19.6 Å². The molecule has 0 aliphatic rings. The molecule has 0 heterocycles. The number of hydrogen-bond donors (Lipinski definition) is 2. The summed E-state index contributed by atoms with van der Waals surface area (Å²) >= 11 is 0. The first-order valence-corrected chi connectivity index (χ1v) is 16.9. The molecular weight excluding hydrogens is 554 g/mol. The molecule has 0 saturated heterocycles. The van der Waals surface area contributed by atoms with Gasteiger partial charge in [-0.15, -0.1) is 5.75 Å². The number of phenolic OH excluding ortho intramolecular Hbond substituents is 2. The van der Waals surface area contributed by atoms with Crippen LogP contribution in [0.3, 0.4) is 0 Å². The SMILES string of the molecule is CCCC[N+](CCCC)(CCCC)c1ccccc1.Cc1ccc(O)c(Cc2cc(C)cc(Cc3cc(C)ccc3O)c2[O-])c1. The van der Waals surface area contributed by atoms with Gasteiger partial charge in [0.25, 0.3) is 0 Å². The van der Waals surface area contributed by atoms with Gasteiger partial charge in [-0.2, -0.15) is 0 Å². The molecule has 4 heteroatoms. The minimum Gasteiger partial charge on any atom is -0.872 e. The molecule has 0 saturated carbocycles. The number of nitrogens with zero attached hydrogens (tertiary/aromatic N) is 1. The normalized spacial score (nSPS) is 11.2. The van der Waals surface area contributed by atoms with Crippen molar-refractivity contribution >= 4 is 5.69 Å². The number of aryl methyl sites for hydroxylation is 3. The van der Waals surface area contributed by atoms with Gasteiger partial charge in [-0.25, -0.2) is 0 Å². The lowest BCUT2D eigenvalue weighted by atomic mass is 9.94. The Morgan fingerprint density at radius 2 is 0.933 bits per heavy atom. The van der Waals surface area contributed by atoms with Crippen LogP contribution in [0, 0.1) is 20.8 Å².